The molecule has 0 spiro atoms. The monoisotopic (exact) mass is 372 g/mol. The van der Waals surface area contributed by atoms with E-state index >= 15 is 0 Å². The number of amides is 2. The van der Waals surface area contributed by atoms with Gasteiger partial charge in [-0.15, -0.1) is 0 Å². The maximum absolute atomic E-state index is 14.3. The van der Waals surface area contributed by atoms with E-state index in [2.05, 4.69) is 5.32 Å². The Labute approximate surface area is 161 Å². The summed E-state index contributed by atoms with van der Waals surface area (Å²) in [5.41, 5.74) is 2.71. The molecular formula is C22H29FN2O2. The summed E-state index contributed by atoms with van der Waals surface area (Å²) >= 11 is 0. The molecule has 0 saturated carbocycles. The van der Waals surface area contributed by atoms with Gasteiger partial charge in [-0.05, 0) is 75.6 Å². The van der Waals surface area contributed by atoms with Crippen LogP contribution in [0.15, 0.2) is 36.4 Å². The molecule has 2 rings (SSSR count). The van der Waals surface area contributed by atoms with Crippen LogP contribution in [-0.4, -0.2) is 35.8 Å². The third-order valence-corrected chi connectivity index (χ3v) is 4.62. The lowest BCUT2D eigenvalue weighted by Crippen LogP contribution is -2.42. The average molecular weight is 372 g/mol. The molecule has 0 aliphatic rings. The standard InChI is InChI=1S/C22H27FN2O2.H2/c1-13(2)25(14(3)4)22(27)17-9-7-16(8-10-17)19-11-18(21(26)24-6)12-20(23)15(19)5;/h7-14H,1-6H3,(H,24,26);1H. The van der Waals surface area contributed by atoms with Crippen LogP contribution >= 0.6 is 0 Å². The lowest BCUT2D eigenvalue weighted by molar-refractivity contribution is 0.0643. The lowest BCUT2D eigenvalue weighted by atomic mass is 9.96. The second kappa shape index (κ2) is 8.33. The Morgan fingerprint density at radius 1 is 1.00 bits per heavy atom. The van der Waals surface area contributed by atoms with Crippen LogP contribution in [0.4, 0.5) is 4.39 Å². The van der Waals surface area contributed by atoms with Gasteiger partial charge in [-0.25, -0.2) is 4.39 Å². The van der Waals surface area contributed by atoms with Crippen molar-refractivity contribution in [3.8, 4) is 11.1 Å². The molecule has 27 heavy (non-hydrogen) atoms. The van der Waals surface area contributed by atoms with Gasteiger partial charge >= 0.3 is 0 Å². The first-order valence-electron chi connectivity index (χ1n) is 9.12. The number of nitrogens with one attached hydrogen (secondary N) is 1. The van der Waals surface area contributed by atoms with Gasteiger partial charge in [0.2, 0.25) is 0 Å². The van der Waals surface area contributed by atoms with Crippen molar-refractivity contribution in [3.63, 3.8) is 0 Å². The summed E-state index contributed by atoms with van der Waals surface area (Å²) < 4.78 is 14.3. The van der Waals surface area contributed by atoms with Crippen molar-refractivity contribution in [1.29, 1.82) is 0 Å². The molecule has 0 aliphatic heterocycles. The first kappa shape index (κ1) is 20.6. The van der Waals surface area contributed by atoms with Crippen molar-refractivity contribution in [2.75, 3.05) is 7.05 Å². The summed E-state index contributed by atoms with van der Waals surface area (Å²) in [4.78, 5) is 26.5. The van der Waals surface area contributed by atoms with E-state index in [1.807, 2.05) is 32.6 Å². The van der Waals surface area contributed by atoms with Crippen molar-refractivity contribution in [1.82, 2.24) is 10.2 Å². The molecule has 4 nitrogen and oxygen atoms in total. The third kappa shape index (κ3) is 4.35. The van der Waals surface area contributed by atoms with E-state index in [1.165, 1.54) is 13.1 Å². The minimum Gasteiger partial charge on any atom is -0.355 e. The molecule has 146 valence electrons. The average Bonchev–Trinajstić information content (AvgIpc) is 2.62. The molecule has 0 saturated heterocycles. The maximum Gasteiger partial charge on any atom is 0.254 e. The van der Waals surface area contributed by atoms with Gasteiger partial charge in [0.15, 0.2) is 0 Å². The second-order valence-electron chi connectivity index (χ2n) is 7.19. The lowest BCUT2D eigenvalue weighted by Gasteiger charge is -2.30. The Kier molecular flexibility index (Phi) is 6.37. The molecule has 0 heterocycles. The second-order valence-corrected chi connectivity index (χ2v) is 7.19. The molecule has 0 atom stereocenters. The van der Waals surface area contributed by atoms with Gasteiger partial charge in [-0.3, -0.25) is 9.59 Å². The van der Waals surface area contributed by atoms with Gasteiger partial charge in [0.25, 0.3) is 11.8 Å². The van der Waals surface area contributed by atoms with Gasteiger partial charge < -0.3 is 10.2 Å². The zero-order valence-electron chi connectivity index (χ0n) is 16.8. The number of carbonyl (C=O) groups is 2. The number of halogens is 1. The molecule has 2 aromatic carbocycles. The van der Waals surface area contributed by atoms with Gasteiger partial charge in [0, 0.05) is 31.7 Å². The number of rotatable bonds is 5. The molecule has 0 aliphatic carbocycles. The van der Waals surface area contributed by atoms with Crippen LogP contribution in [0.3, 0.4) is 0 Å². The highest BCUT2D eigenvalue weighted by Crippen LogP contribution is 2.28. The van der Waals surface area contributed by atoms with Gasteiger partial charge in [-0.2, -0.15) is 0 Å². The Morgan fingerprint density at radius 2 is 1.56 bits per heavy atom. The summed E-state index contributed by atoms with van der Waals surface area (Å²) in [5.74, 6) is -0.808. The summed E-state index contributed by atoms with van der Waals surface area (Å²) in [6.07, 6.45) is 0. The summed E-state index contributed by atoms with van der Waals surface area (Å²) in [5, 5.41) is 2.51. The van der Waals surface area contributed by atoms with Gasteiger partial charge in [0.05, 0.1) is 0 Å². The SMILES string of the molecule is CNC(=O)c1cc(F)c(C)c(-c2ccc(C(=O)N(C(C)C)C(C)C)cc2)c1.[HH]. The fourth-order valence-corrected chi connectivity index (χ4v) is 3.26. The maximum atomic E-state index is 14.3. The highest BCUT2D eigenvalue weighted by molar-refractivity contribution is 5.96. The Morgan fingerprint density at radius 3 is 2.04 bits per heavy atom. The van der Waals surface area contributed by atoms with Crippen molar-refractivity contribution in [2.45, 2.75) is 46.7 Å². The Balaban J connectivity index is 0.00000392. The highest BCUT2D eigenvalue weighted by Gasteiger charge is 2.21. The van der Waals surface area contributed by atoms with Gasteiger partial charge in [-0.1, -0.05) is 12.1 Å². The first-order valence-corrected chi connectivity index (χ1v) is 9.12. The van der Waals surface area contributed by atoms with E-state index in [1.54, 1.807) is 37.3 Å². The largest absolute Gasteiger partial charge is 0.355 e. The first-order chi connectivity index (χ1) is 12.7. The van der Waals surface area contributed by atoms with Crippen LogP contribution in [-0.2, 0) is 0 Å². The predicted octanol–water partition coefficient (Wildman–Crippen LogP) is 4.67. The van der Waals surface area contributed by atoms with E-state index in [-0.39, 0.29) is 30.9 Å². The van der Waals surface area contributed by atoms with Gasteiger partial charge in [0.1, 0.15) is 5.82 Å². The van der Waals surface area contributed by atoms with Crippen molar-refractivity contribution in [2.24, 2.45) is 0 Å². The van der Waals surface area contributed by atoms with Crippen LogP contribution in [0.1, 0.15) is 55.4 Å². The zero-order valence-corrected chi connectivity index (χ0v) is 16.8. The van der Waals surface area contributed by atoms with Crippen LogP contribution in [0.2, 0.25) is 0 Å². The fraction of sp³-hybridized carbons (Fsp3) is 0.364. The molecule has 2 amide bonds. The number of nitrogens with zero attached hydrogens (tertiary/aromatic N) is 1. The summed E-state index contributed by atoms with van der Waals surface area (Å²) in [6.45, 7) is 9.63. The van der Waals surface area contributed by atoms with Crippen LogP contribution < -0.4 is 5.32 Å². The Bertz CT molecular complexity index is 840. The highest BCUT2D eigenvalue weighted by atomic mass is 19.1. The number of hydrogen-bond donors (Lipinski definition) is 1. The predicted molar refractivity (Wildman–Crippen MR) is 109 cm³/mol. The van der Waals surface area contributed by atoms with Crippen molar-refractivity contribution < 1.29 is 15.4 Å². The minimum atomic E-state index is -0.433. The zero-order chi connectivity index (χ0) is 20.3. The van der Waals surface area contributed by atoms with E-state index in [4.69, 9.17) is 0 Å². The Hall–Kier alpha value is -2.69. The molecule has 0 aromatic heterocycles. The topological polar surface area (TPSA) is 49.4 Å². The van der Waals surface area contributed by atoms with E-state index in [0.29, 0.717) is 16.7 Å². The number of hydrogen-bond acceptors (Lipinski definition) is 2. The number of benzene rings is 2. The van der Waals surface area contributed by atoms with Crippen LogP contribution in [0, 0.1) is 12.7 Å². The normalized spacial score (nSPS) is 11.0. The van der Waals surface area contributed by atoms with Crippen molar-refractivity contribution >= 4 is 11.8 Å². The summed E-state index contributed by atoms with van der Waals surface area (Å²) in [6, 6.07) is 10.2. The molecule has 1 N–H and O–H groups in total. The molecule has 0 bridgehead atoms. The molecule has 0 fully saturated rings. The number of carbonyl (C=O) groups excluding carboxylic acids is 2. The molecule has 2 aromatic rings. The molecule has 0 unspecified atom stereocenters. The van der Waals surface area contributed by atoms with E-state index < -0.39 is 5.82 Å². The molecule has 5 heteroatoms. The van der Waals surface area contributed by atoms with E-state index in [9.17, 15) is 14.0 Å². The third-order valence-electron chi connectivity index (χ3n) is 4.62. The quantitative estimate of drug-likeness (QED) is 0.829. The van der Waals surface area contributed by atoms with E-state index in [0.717, 1.165) is 5.56 Å². The van der Waals surface area contributed by atoms with Crippen LogP contribution in [0.25, 0.3) is 11.1 Å². The smallest absolute Gasteiger partial charge is 0.254 e. The molecule has 0 radical (unpaired) electrons. The molecular weight excluding hydrogens is 343 g/mol. The summed E-state index contributed by atoms with van der Waals surface area (Å²) in [7, 11) is 1.51. The fourth-order valence-electron chi connectivity index (χ4n) is 3.26. The van der Waals surface area contributed by atoms with Crippen LogP contribution in [0.5, 0.6) is 0 Å². The minimum absolute atomic E-state index is 0. The van der Waals surface area contributed by atoms with Crippen molar-refractivity contribution in [3.05, 3.63) is 58.9 Å².